The Labute approximate surface area is 162 Å². The van der Waals surface area contributed by atoms with Crippen molar-refractivity contribution in [3.8, 4) is 11.5 Å². The number of aryl methyl sites for hydroxylation is 1. The Morgan fingerprint density at radius 1 is 1.07 bits per heavy atom. The van der Waals surface area contributed by atoms with Gasteiger partial charge in [0.1, 0.15) is 0 Å². The number of halogens is 3. The summed E-state index contributed by atoms with van der Waals surface area (Å²) in [5, 5.41) is 0. The van der Waals surface area contributed by atoms with E-state index in [0.717, 1.165) is 10.5 Å². The van der Waals surface area contributed by atoms with Crippen molar-refractivity contribution in [3.63, 3.8) is 0 Å². The van der Waals surface area contributed by atoms with E-state index >= 15 is 0 Å². The lowest BCUT2D eigenvalue weighted by molar-refractivity contribution is -0.185. The van der Waals surface area contributed by atoms with Gasteiger partial charge in [-0.25, -0.2) is 0 Å². The van der Waals surface area contributed by atoms with Crippen molar-refractivity contribution >= 4 is 11.8 Å². The van der Waals surface area contributed by atoms with Crippen LogP contribution in [0.2, 0.25) is 0 Å². The fourth-order valence-corrected chi connectivity index (χ4v) is 3.10. The summed E-state index contributed by atoms with van der Waals surface area (Å²) in [4.78, 5) is 26.1. The molecule has 0 spiro atoms. The average molecular weight is 402 g/mol. The van der Waals surface area contributed by atoms with Crippen molar-refractivity contribution in [3.05, 3.63) is 23.8 Å². The maximum absolute atomic E-state index is 12.6. The lowest BCUT2D eigenvalue weighted by atomic mass is 10.1. The van der Waals surface area contributed by atoms with Gasteiger partial charge in [-0.3, -0.25) is 9.59 Å². The first-order valence-electron chi connectivity index (χ1n) is 9.19. The molecular formula is C19H25F3N2O4. The van der Waals surface area contributed by atoms with Crippen molar-refractivity contribution in [1.82, 2.24) is 9.80 Å². The smallest absolute Gasteiger partial charge is 0.471 e. The number of methoxy groups -OCH3 is 1. The van der Waals surface area contributed by atoms with Gasteiger partial charge in [-0.05, 0) is 37.5 Å². The largest absolute Gasteiger partial charge is 0.493 e. The number of carbonyl (C=O) groups is 2. The van der Waals surface area contributed by atoms with Crippen LogP contribution in [0, 0.1) is 0 Å². The third-order valence-electron chi connectivity index (χ3n) is 4.53. The highest BCUT2D eigenvalue weighted by Crippen LogP contribution is 2.28. The molecule has 2 amide bonds. The highest BCUT2D eigenvalue weighted by molar-refractivity contribution is 5.82. The summed E-state index contributed by atoms with van der Waals surface area (Å²) in [6.07, 6.45) is -3.86. The van der Waals surface area contributed by atoms with E-state index in [0.29, 0.717) is 37.5 Å². The maximum Gasteiger partial charge on any atom is 0.471 e. The zero-order chi connectivity index (χ0) is 20.7. The van der Waals surface area contributed by atoms with Gasteiger partial charge in [-0.1, -0.05) is 6.07 Å². The normalized spacial score (nSPS) is 15.2. The van der Waals surface area contributed by atoms with Crippen molar-refractivity contribution in [1.29, 1.82) is 0 Å². The van der Waals surface area contributed by atoms with Crippen LogP contribution in [0.25, 0.3) is 0 Å². The van der Waals surface area contributed by atoms with Crippen molar-refractivity contribution in [2.45, 2.75) is 32.4 Å². The molecule has 1 aromatic rings. The molecule has 0 unspecified atom stereocenters. The molecule has 28 heavy (non-hydrogen) atoms. The topological polar surface area (TPSA) is 59.1 Å². The quantitative estimate of drug-likeness (QED) is 0.734. The predicted molar refractivity (Wildman–Crippen MR) is 96.3 cm³/mol. The van der Waals surface area contributed by atoms with Crippen LogP contribution in [-0.2, 0) is 16.0 Å². The molecule has 9 heteroatoms. The van der Waals surface area contributed by atoms with E-state index in [1.807, 2.05) is 19.1 Å². The van der Waals surface area contributed by atoms with E-state index in [9.17, 15) is 22.8 Å². The third kappa shape index (κ3) is 5.77. The summed E-state index contributed by atoms with van der Waals surface area (Å²) in [7, 11) is 1.54. The molecule has 2 rings (SSSR count). The molecule has 1 aliphatic rings. The van der Waals surface area contributed by atoms with Gasteiger partial charge in [-0.15, -0.1) is 0 Å². The van der Waals surface area contributed by atoms with E-state index < -0.39 is 12.1 Å². The Hall–Kier alpha value is -2.45. The van der Waals surface area contributed by atoms with Gasteiger partial charge in [0, 0.05) is 32.6 Å². The maximum atomic E-state index is 12.6. The predicted octanol–water partition coefficient (Wildman–Crippen LogP) is 2.65. The number of hydrogen-bond donors (Lipinski definition) is 0. The van der Waals surface area contributed by atoms with Crippen LogP contribution >= 0.6 is 0 Å². The van der Waals surface area contributed by atoms with Crippen LogP contribution in [0.5, 0.6) is 11.5 Å². The molecule has 1 aromatic carbocycles. The summed E-state index contributed by atoms with van der Waals surface area (Å²) in [5.41, 5.74) is 0.900. The zero-order valence-electron chi connectivity index (χ0n) is 16.1. The van der Waals surface area contributed by atoms with E-state index in [2.05, 4.69) is 0 Å². The molecule has 1 heterocycles. The third-order valence-corrected chi connectivity index (χ3v) is 4.53. The van der Waals surface area contributed by atoms with Gasteiger partial charge in [0.25, 0.3) is 0 Å². The first-order valence-corrected chi connectivity index (χ1v) is 9.19. The zero-order valence-corrected chi connectivity index (χ0v) is 16.1. The monoisotopic (exact) mass is 402 g/mol. The fourth-order valence-electron chi connectivity index (χ4n) is 3.10. The number of hydrogen-bond acceptors (Lipinski definition) is 4. The molecule has 1 saturated heterocycles. The summed E-state index contributed by atoms with van der Waals surface area (Å²) >= 11 is 0. The molecule has 1 fully saturated rings. The Kier molecular flexibility index (Phi) is 7.53. The number of alkyl halides is 3. The SMILES string of the molecule is CCOc1ccc(CCC(=O)N2CCCN(C(=O)C(F)(F)F)CC2)cc1OC. The summed E-state index contributed by atoms with van der Waals surface area (Å²) in [5.74, 6) is -0.776. The van der Waals surface area contributed by atoms with Crippen molar-refractivity contribution < 1.29 is 32.2 Å². The van der Waals surface area contributed by atoms with Gasteiger partial charge in [-0.2, -0.15) is 13.2 Å². The van der Waals surface area contributed by atoms with Gasteiger partial charge in [0.05, 0.1) is 13.7 Å². The van der Waals surface area contributed by atoms with Gasteiger partial charge in [0.2, 0.25) is 5.91 Å². The first-order chi connectivity index (χ1) is 13.3. The Morgan fingerprint density at radius 2 is 1.75 bits per heavy atom. The molecule has 0 aromatic heterocycles. The van der Waals surface area contributed by atoms with E-state index in [1.54, 1.807) is 6.07 Å². The molecule has 1 aliphatic heterocycles. The van der Waals surface area contributed by atoms with Crippen molar-refractivity contribution in [2.75, 3.05) is 39.9 Å². The van der Waals surface area contributed by atoms with Crippen molar-refractivity contribution in [2.24, 2.45) is 0 Å². The minimum atomic E-state index is -4.88. The summed E-state index contributed by atoms with van der Waals surface area (Å²) < 4.78 is 48.5. The van der Waals surface area contributed by atoms with Gasteiger partial charge >= 0.3 is 12.1 Å². The second kappa shape index (κ2) is 9.66. The number of rotatable bonds is 6. The number of nitrogens with zero attached hydrogens (tertiary/aromatic N) is 2. The number of ether oxygens (including phenoxy) is 2. The lowest BCUT2D eigenvalue weighted by Crippen LogP contribution is -2.43. The Balaban J connectivity index is 1.90. The molecular weight excluding hydrogens is 377 g/mol. The van der Waals surface area contributed by atoms with Crippen LogP contribution < -0.4 is 9.47 Å². The molecule has 156 valence electrons. The lowest BCUT2D eigenvalue weighted by Gasteiger charge is -2.23. The van der Waals surface area contributed by atoms with Gasteiger partial charge in [0.15, 0.2) is 11.5 Å². The summed E-state index contributed by atoms with van der Waals surface area (Å²) in [6.45, 7) is 2.72. The van der Waals surface area contributed by atoms with E-state index in [-0.39, 0.29) is 32.0 Å². The molecule has 0 radical (unpaired) electrons. The standard InChI is InChI=1S/C19H25F3N2O4/c1-3-28-15-7-5-14(13-16(15)27-2)6-8-17(25)23-9-4-10-24(12-11-23)18(26)19(20,21)22/h5,7,13H,3-4,6,8-12H2,1-2H3. The minimum absolute atomic E-state index is 0.00177. The van der Waals surface area contributed by atoms with Crippen LogP contribution in [0.3, 0.4) is 0 Å². The Morgan fingerprint density at radius 3 is 2.39 bits per heavy atom. The van der Waals surface area contributed by atoms with Crippen LogP contribution in [0.15, 0.2) is 18.2 Å². The molecule has 6 nitrogen and oxygen atoms in total. The minimum Gasteiger partial charge on any atom is -0.493 e. The highest BCUT2D eigenvalue weighted by atomic mass is 19.4. The molecule has 0 atom stereocenters. The highest BCUT2D eigenvalue weighted by Gasteiger charge is 2.42. The Bertz CT molecular complexity index is 694. The number of benzene rings is 1. The molecule has 0 saturated carbocycles. The molecule has 0 bridgehead atoms. The number of amides is 2. The second-order valence-electron chi connectivity index (χ2n) is 6.44. The van der Waals surface area contributed by atoms with Crippen LogP contribution in [0.4, 0.5) is 13.2 Å². The van der Waals surface area contributed by atoms with Crippen LogP contribution in [-0.4, -0.2) is 67.7 Å². The van der Waals surface area contributed by atoms with Crippen LogP contribution in [0.1, 0.15) is 25.3 Å². The van der Waals surface area contributed by atoms with E-state index in [4.69, 9.17) is 9.47 Å². The van der Waals surface area contributed by atoms with Gasteiger partial charge < -0.3 is 19.3 Å². The average Bonchev–Trinajstić information content (AvgIpc) is 2.92. The van der Waals surface area contributed by atoms with E-state index in [1.165, 1.54) is 12.0 Å². The second-order valence-corrected chi connectivity index (χ2v) is 6.44. The molecule has 0 N–H and O–H groups in total. The summed E-state index contributed by atoms with van der Waals surface area (Å²) in [6, 6.07) is 5.45. The first kappa shape index (κ1) is 21.8. The fraction of sp³-hybridized carbons (Fsp3) is 0.579. The molecule has 0 aliphatic carbocycles. The number of carbonyl (C=O) groups excluding carboxylic acids is 2.